The molecular weight excluding hydrogens is 119 g/mol. The lowest BCUT2D eigenvalue weighted by Gasteiger charge is -1.96. The molecule has 0 saturated carbocycles. The van der Waals surface area contributed by atoms with Crippen LogP contribution in [0.15, 0.2) is 12.2 Å². The van der Waals surface area contributed by atoms with Gasteiger partial charge in [-0.2, -0.15) is 0 Å². The van der Waals surface area contributed by atoms with Crippen LogP contribution in [-0.2, 0) is 0 Å². The van der Waals surface area contributed by atoms with Crippen molar-refractivity contribution in [3.63, 3.8) is 0 Å². The maximum atomic E-state index is 13.2. The summed E-state index contributed by atoms with van der Waals surface area (Å²) in [4.78, 5) is 3.26. The molecule has 0 amide bonds. The highest BCUT2D eigenvalue weighted by atomic mass is 19.1. The standard InChI is InChI=1S/C6H7FN2/c1-4-5(7)2-3-9-6(4)8/h2-3H,1H3,(H2,8,9)/i1D3,2D,3D. The van der Waals surface area contributed by atoms with Crippen molar-refractivity contribution in [1.82, 2.24) is 4.98 Å². The molecule has 0 aliphatic carbocycles. The number of pyridine rings is 1. The Morgan fingerprint density at radius 3 is 3.44 bits per heavy atom. The lowest BCUT2D eigenvalue weighted by Crippen LogP contribution is -1.95. The molecule has 2 N–H and O–H groups in total. The molecule has 3 heteroatoms. The summed E-state index contributed by atoms with van der Waals surface area (Å²) >= 11 is 0. The monoisotopic (exact) mass is 131 g/mol. The molecule has 48 valence electrons. The van der Waals surface area contributed by atoms with E-state index >= 15 is 0 Å². The number of aromatic nitrogens is 1. The number of hydrogen-bond acceptors (Lipinski definition) is 2. The third-order valence-corrected chi connectivity index (χ3v) is 0.818. The lowest BCUT2D eigenvalue weighted by molar-refractivity contribution is 0.617. The number of nitrogens with zero attached hydrogens (tertiary/aromatic N) is 1. The molecule has 1 aromatic rings. The van der Waals surface area contributed by atoms with Gasteiger partial charge < -0.3 is 5.73 Å². The minimum atomic E-state index is -2.76. The van der Waals surface area contributed by atoms with Crippen molar-refractivity contribution in [3.8, 4) is 0 Å². The molecule has 0 atom stereocenters. The normalized spacial score (nSPS) is 19.0. The van der Waals surface area contributed by atoms with Gasteiger partial charge in [-0.3, -0.25) is 0 Å². The van der Waals surface area contributed by atoms with Crippen LogP contribution in [0.4, 0.5) is 10.2 Å². The molecule has 9 heavy (non-hydrogen) atoms. The summed E-state index contributed by atoms with van der Waals surface area (Å²) in [6, 6.07) is -0.856. The molecule has 1 aromatic heterocycles. The van der Waals surface area contributed by atoms with Crippen LogP contribution in [0.3, 0.4) is 0 Å². The Morgan fingerprint density at radius 1 is 2.00 bits per heavy atom. The molecule has 0 bridgehead atoms. The minimum absolute atomic E-state index is 0.566. The molecular formula is C6H7FN2. The summed E-state index contributed by atoms with van der Waals surface area (Å²) in [5.41, 5.74) is 4.37. The van der Waals surface area contributed by atoms with Crippen molar-refractivity contribution < 1.29 is 11.2 Å². The predicted molar refractivity (Wildman–Crippen MR) is 33.3 cm³/mol. The van der Waals surface area contributed by atoms with Crippen molar-refractivity contribution >= 4 is 5.82 Å². The maximum absolute atomic E-state index is 13.2. The van der Waals surface area contributed by atoms with Gasteiger partial charge in [0.2, 0.25) is 0 Å². The quantitative estimate of drug-likeness (QED) is 0.572. The van der Waals surface area contributed by atoms with Gasteiger partial charge in [0.05, 0.1) is 2.74 Å². The van der Waals surface area contributed by atoms with Crippen LogP contribution in [0.5, 0.6) is 0 Å². The molecule has 0 saturated heterocycles. The molecule has 0 unspecified atom stereocenters. The van der Waals surface area contributed by atoms with Crippen LogP contribution < -0.4 is 5.73 Å². The Kier molecular flexibility index (Phi) is 0.502. The van der Waals surface area contributed by atoms with E-state index < -0.39 is 36.3 Å². The Bertz CT molecular complexity index is 375. The number of rotatable bonds is 0. The zero-order chi connectivity index (χ0) is 11.1. The second-order valence-corrected chi connectivity index (χ2v) is 1.42. The Balaban J connectivity index is 3.53. The number of hydrogen-bond donors (Lipinski definition) is 1. The van der Waals surface area contributed by atoms with Gasteiger partial charge in [-0.05, 0) is 12.9 Å². The van der Waals surface area contributed by atoms with Crippen LogP contribution in [0.2, 0.25) is 0 Å². The van der Waals surface area contributed by atoms with Crippen molar-refractivity contribution in [2.24, 2.45) is 0 Å². The summed E-state index contributed by atoms with van der Waals surface area (Å²) in [5, 5.41) is 0. The van der Waals surface area contributed by atoms with Crippen LogP contribution in [0.1, 0.15) is 12.4 Å². The highest BCUT2D eigenvalue weighted by Gasteiger charge is 1.98. The topological polar surface area (TPSA) is 38.9 Å². The lowest BCUT2D eigenvalue weighted by atomic mass is 10.3. The smallest absolute Gasteiger partial charge is 0.131 e. The van der Waals surface area contributed by atoms with E-state index in [4.69, 9.17) is 12.6 Å². The molecule has 2 nitrogen and oxygen atoms in total. The third-order valence-electron chi connectivity index (χ3n) is 0.818. The first kappa shape index (κ1) is 2.25. The SMILES string of the molecule is [2H]c1nc(N)c(C([2H])([2H])[2H])c(F)c1[2H]. The molecule has 0 aromatic carbocycles. The molecule has 0 spiro atoms. The van der Waals surface area contributed by atoms with Crippen LogP contribution in [0.25, 0.3) is 0 Å². The second kappa shape index (κ2) is 2.01. The molecule has 0 aliphatic heterocycles. The average Bonchev–Trinajstić information content (AvgIpc) is 1.97. The molecule has 0 radical (unpaired) electrons. The predicted octanol–water partition coefficient (Wildman–Crippen LogP) is 1.11. The van der Waals surface area contributed by atoms with E-state index in [0.717, 1.165) is 0 Å². The fourth-order valence-electron chi connectivity index (χ4n) is 0.368. The van der Waals surface area contributed by atoms with Crippen LogP contribution in [0, 0.1) is 12.7 Å². The van der Waals surface area contributed by atoms with Gasteiger partial charge in [-0.15, -0.1) is 0 Å². The van der Waals surface area contributed by atoms with Gasteiger partial charge in [-0.25, -0.2) is 9.37 Å². The van der Waals surface area contributed by atoms with Gasteiger partial charge >= 0.3 is 0 Å². The van der Waals surface area contributed by atoms with Gasteiger partial charge in [-0.1, -0.05) is 0 Å². The highest BCUT2D eigenvalue weighted by molar-refractivity contribution is 5.37. The van der Waals surface area contributed by atoms with Crippen LogP contribution in [-0.4, -0.2) is 4.98 Å². The Labute approximate surface area is 59.5 Å². The number of halogens is 1. The van der Waals surface area contributed by atoms with Crippen molar-refractivity contribution in [1.29, 1.82) is 0 Å². The molecule has 0 aliphatic rings. The van der Waals surface area contributed by atoms with E-state index in [9.17, 15) is 4.39 Å². The number of anilines is 1. The summed E-state index contributed by atoms with van der Waals surface area (Å²) < 4.78 is 48.1. The van der Waals surface area contributed by atoms with Gasteiger partial charge in [0.15, 0.2) is 0 Å². The van der Waals surface area contributed by atoms with Crippen molar-refractivity contribution in [2.45, 2.75) is 6.85 Å². The summed E-state index contributed by atoms with van der Waals surface area (Å²) in [6.07, 6.45) is -0.673. The van der Waals surface area contributed by atoms with Crippen molar-refractivity contribution in [3.05, 3.63) is 23.6 Å². The minimum Gasteiger partial charge on any atom is -0.383 e. The fourth-order valence-corrected chi connectivity index (χ4v) is 0.368. The Morgan fingerprint density at radius 2 is 2.78 bits per heavy atom. The first-order chi connectivity index (χ1) is 6.25. The zero-order valence-corrected chi connectivity index (χ0v) is 4.40. The molecule has 0 fully saturated rings. The van der Waals surface area contributed by atoms with E-state index in [1.54, 1.807) is 0 Å². The molecule has 1 heterocycles. The summed E-state index contributed by atoms with van der Waals surface area (Å²) in [5.74, 6) is -1.87. The highest BCUT2D eigenvalue weighted by Crippen LogP contribution is 2.08. The van der Waals surface area contributed by atoms with E-state index in [1.165, 1.54) is 0 Å². The third kappa shape index (κ3) is 0.988. The second-order valence-electron chi connectivity index (χ2n) is 1.42. The summed E-state index contributed by atoms with van der Waals surface area (Å²) in [6.45, 7) is -2.76. The first-order valence-electron chi connectivity index (χ1n) is 4.67. The zero-order valence-electron chi connectivity index (χ0n) is 9.40. The van der Waals surface area contributed by atoms with E-state index in [-0.39, 0.29) is 0 Å². The van der Waals surface area contributed by atoms with E-state index in [1.807, 2.05) is 0 Å². The summed E-state index contributed by atoms with van der Waals surface area (Å²) in [7, 11) is 0. The average molecular weight is 131 g/mol. The largest absolute Gasteiger partial charge is 0.383 e. The fraction of sp³-hybridized carbons (Fsp3) is 0.167. The van der Waals surface area contributed by atoms with Crippen molar-refractivity contribution in [2.75, 3.05) is 5.73 Å². The van der Waals surface area contributed by atoms with Gasteiger partial charge in [0, 0.05) is 15.8 Å². The number of nitrogens with two attached hydrogens (primary N) is 1. The van der Waals surface area contributed by atoms with Crippen LogP contribution >= 0.6 is 0 Å². The van der Waals surface area contributed by atoms with Gasteiger partial charge in [0.25, 0.3) is 0 Å². The molecule has 1 rings (SSSR count). The maximum Gasteiger partial charge on any atom is 0.131 e. The van der Waals surface area contributed by atoms with E-state index in [0.29, 0.717) is 0 Å². The van der Waals surface area contributed by atoms with Gasteiger partial charge in [0.1, 0.15) is 11.6 Å². The number of nitrogen functional groups attached to an aromatic ring is 1. The Hall–Kier alpha value is -1.12. The van der Waals surface area contributed by atoms with E-state index in [2.05, 4.69) is 4.98 Å². The first-order valence-corrected chi connectivity index (χ1v) is 2.17.